The molecule has 0 bridgehead atoms. The van der Waals surface area contributed by atoms with Gasteiger partial charge in [-0.05, 0) is 12.1 Å². The minimum atomic E-state index is 0.0517. The number of rotatable bonds is 0. The first kappa shape index (κ1) is 9.46. The predicted octanol–water partition coefficient (Wildman–Crippen LogP) is 3.30. The summed E-state index contributed by atoms with van der Waals surface area (Å²) >= 11 is 1.57. The zero-order valence-corrected chi connectivity index (χ0v) is 9.35. The van der Waals surface area contributed by atoms with Gasteiger partial charge in [-0.15, -0.1) is 11.3 Å². The molecule has 2 aromatic rings. The van der Waals surface area contributed by atoms with E-state index in [4.69, 9.17) is 0 Å². The van der Waals surface area contributed by atoms with Crippen molar-refractivity contribution in [2.24, 2.45) is 0 Å². The summed E-state index contributed by atoms with van der Waals surface area (Å²) in [6.45, 7) is 6.38. The summed E-state index contributed by atoms with van der Waals surface area (Å²) in [6, 6.07) is 5.46. The van der Waals surface area contributed by atoms with Crippen LogP contribution in [0.2, 0.25) is 0 Å². The maximum Gasteiger partial charge on any atom is 0.135 e. The van der Waals surface area contributed by atoms with Crippen molar-refractivity contribution in [1.82, 2.24) is 4.98 Å². The second kappa shape index (κ2) is 2.95. The third-order valence-electron chi connectivity index (χ3n) is 2.04. The van der Waals surface area contributed by atoms with Gasteiger partial charge in [-0.25, -0.2) is 4.98 Å². The average molecular weight is 207 g/mol. The third-order valence-corrected chi connectivity index (χ3v) is 3.56. The van der Waals surface area contributed by atoms with Crippen molar-refractivity contribution >= 4 is 21.6 Å². The topological polar surface area (TPSA) is 33.1 Å². The normalized spacial score (nSPS) is 12.2. The highest BCUT2D eigenvalue weighted by atomic mass is 32.1. The van der Waals surface area contributed by atoms with E-state index in [1.165, 1.54) is 0 Å². The number of benzene rings is 1. The van der Waals surface area contributed by atoms with Crippen LogP contribution in [0.5, 0.6) is 5.75 Å². The van der Waals surface area contributed by atoms with Crippen LogP contribution in [0.1, 0.15) is 25.8 Å². The van der Waals surface area contributed by atoms with Crippen LogP contribution < -0.4 is 0 Å². The summed E-state index contributed by atoms with van der Waals surface area (Å²) in [5.41, 5.74) is 0.941. The Morgan fingerprint density at radius 1 is 1.29 bits per heavy atom. The standard InChI is InChI=1S/C11H13NOS/c1-11(2,3)10-12-7-5-4-6-8(13)9(7)14-10/h4-6,13H,1-3H3. The molecule has 2 rings (SSSR count). The Morgan fingerprint density at radius 3 is 2.57 bits per heavy atom. The van der Waals surface area contributed by atoms with Crippen molar-refractivity contribution in [3.63, 3.8) is 0 Å². The lowest BCUT2D eigenvalue weighted by Crippen LogP contribution is -2.09. The lowest BCUT2D eigenvalue weighted by molar-refractivity contribution is 0.482. The fourth-order valence-electron chi connectivity index (χ4n) is 1.26. The lowest BCUT2D eigenvalue weighted by atomic mass is 9.98. The molecule has 3 heteroatoms. The van der Waals surface area contributed by atoms with E-state index in [9.17, 15) is 5.11 Å². The van der Waals surface area contributed by atoms with E-state index in [2.05, 4.69) is 25.8 Å². The van der Waals surface area contributed by atoms with E-state index in [1.807, 2.05) is 12.1 Å². The van der Waals surface area contributed by atoms with Crippen LogP contribution in [0.4, 0.5) is 0 Å². The molecule has 0 spiro atoms. The van der Waals surface area contributed by atoms with Gasteiger partial charge >= 0.3 is 0 Å². The van der Waals surface area contributed by atoms with Gasteiger partial charge in [0.2, 0.25) is 0 Å². The number of hydrogen-bond acceptors (Lipinski definition) is 3. The number of aromatic nitrogens is 1. The first-order chi connectivity index (χ1) is 6.48. The molecule has 0 unspecified atom stereocenters. The number of hydrogen-bond donors (Lipinski definition) is 1. The molecule has 0 atom stereocenters. The van der Waals surface area contributed by atoms with Crippen molar-refractivity contribution in [2.75, 3.05) is 0 Å². The Bertz CT molecular complexity index is 468. The molecule has 0 saturated carbocycles. The quantitative estimate of drug-likeness (QED) is 0.719. The minimum absolute atomic E-state index is 0.0517. The first-order valence-electron chi connectivity index (χ1n) is 4.57. The van der Waals surface area contributed by atoms with Gasteiger partial charge in [0.15, 0.2) is 0 Å². The Labute approximate surface area is 87.2 Å². The Morgan fingerprint density at radius 2 is 2.00 bits per heavy atom. The van der Waals surface area contributed by atoms with E-state index in [0.717, 1.165) is 15.2 Å². The first-order valence-corrected chi connectivity index (χ1v) is 5.39. The average Bonchev–Trinajstić information content (AvgIpc) is 2.48. The van der Waals surface area contributed by atoms with E-state index in [1.54, 1.807) is 17.4 Å². The summed E-state index contributed by atoms with van der Waals surface area (Å²) in [7, 11) is 0. The van der Waals surface area contributed by atoms with Gasteiger partial charge in [0, 0.05) is 5.41 Å². The molecular formula is C11H13NOS. The Kier molecular flexibility index (Phi) is 2.00. The van der Waals surface area contributed by atoms with Crippen molar-refractivity contribution in [2.45, 2.75) is 26.2 Å². The number of phenolic OH excluding ortho intramolecular Hbond substituents is 1. The van der Waals surface area contributed by atoms with Gasteiger partial charge in [0.05, 0.1) is 15.2 Å². The van der Waals surface area contributed by atoms with Crippen LogP contribution in [0.25, 0.3) is 10.2 Å². The second-order valence-corrected chi connectivity index (χ2v) is 5.39. The Balaban J connectivity index is 2.69. The number of aromatic hydroxyl groups is 1. The van der Waals surface area contributed by atoms with Crippen molar-refractivity contribution in [1.29, 1.82) is 0 Å². The summed E-state index contributed by atoms with van der Waals surface area (Å²) in [5.74, 6) is 0.329. The number of nitrogens with zero attached hydrogens (tertiary/aromatic N) is 1. The molecule has 0 radical (unpaired) electrons. The van der Waals surface area contributed by atoms with Crippen LogP contribution in [0.15, 0.2) is 18.2 Å². The van der Waals surface area contributed by atoms with Gasteiger partial charge in [0.25, 0.3) is 0 Å². The van der Waals surface area contributed by atoms with Crippen LogP contribution in [0, 0.1) is 0 Å². The van der Waals surface area contributed by atoms with Crippen molar-refractivity contribution < 1.29 is 5.11 Å². The van der Waals surface area contributed by atoms with Gasteiger partial charge in [-0.1, -0.05) is 26.8 Å². The monoisotopic (exact) mass is 207 g/mol. The molecule has 1 N–H and O–H groups in total. The lowest BCUT2D eigenvalue weighted by Gasteiger charge is -2.13. The molecular weight excluding hydrogens is 194 g/mol. The van der Waals surface area contributed by atoms with E-state index < -0.39 is 0 Å². The number of thiazole rings is 1. The molecule has 0 aliphatic carbocycles. The van der Waals surface area contributed by atoms with Gasteiger partial charge in [-0.2, -0.15) is 0 Å². The summed E-state index contributed by atoms with van der Waals surface area (Å²) in [6.07, 6.45) is 0. The van der Waals surface area contributed by atoms with Gasteiger partial charge in [0.1, 0.15) is 5.75 Å². The fraction of sp³-hybridized carbons (Fsp3) is 0.364. The zero-order valence-electron chi connectivity index (χ0n) is 8.53. The zero-order chi connectivity index (χ0) is 10.3. The van der Waals surface area contributed by atoms with Crippen molar-refractivity contribution in [3.05, 3.63) is 23.2 Å². The molecule has 74 valence electrons. The van der Waals surface area contributed by atoms with Crippen LogP contribution >= 0.6 is 11.3 Å². The summed E-state index contributed by atoms with van der Waals surface area (Å²) in [5, 5.41) is 10.7. The minimum Gasteiger partial charge on any atom is -0.506 e. The SMILES string of the molecule is CC(C)(C)c1nc2cccc(O)c2s1. The molecule has 0 saturated heterocycles. The van der Waals surface area contributed by atoms with E-state index >= 15 is 0 Å². The molecule has 0 aliphatic rings. The molecule has 14 heavy (non-hydrogen) atoms. The molecule has 1 aromatic heterocycles. The predicted molar refractivity (Wildman–Crippen MR) is 60.0 cm³/mol. The maximum atomic E-state index is 9.62. The van der Waals surface area contributed by atoms with Crippen LogP contribution in [0.3, 0.4) is 0 Å². The maximum absolute atomic E-state index is 9.62. The van der Waals surface area contributed by atoms with Crippen LogP contribution in [-0.2, 0) is 5.41 Å². The van der Waals surface area contributed by atoms with Gasteiger partial charge < -0.3 is 5.11 Å². The highest BCUT2D eigenvalue weighted by Gasteiger charge is 2.19. The molecule has 0 fully saturated rings. The largest absolute Gasteiger partial charge is 0.506 e. The highest BCUT2D eigenvalue weighted by molar-refractivity contribution is 7.19. The van der Waals surface area contributed by atoms with Gasteiger partial charge in [-0.3, -0.25) is 0 Å². The van der Waals surface area contributed by atoms with Crippen molar-refractivity contribution in [3.8, 4) is 5.75 Å². The highest BCUT2D eigenvalue weighted by Crippen LogP contribution is 2.35. The molecule has 1 heterocycles. The van der Waals surface area contributed by atoms with Crippen LogP contribution in [-0.4, -0.2) is 10.1 Å². The van der Waals surface area contributed by atoms with E-state index in [0.29, 0.717) is 5.75 Å². The van der Waals surface area contributed by atoms with E-state index in [-0.39, 0.29) is 5.41 Å². The molecule has 0 amide bonds. The molecule has 0 aliphatic heterocycles. The summed E-state index contributed by atoms with van der Waals surface area (Å²) in [4.78, 5) is 4.50. The molecule has 2 nitrogen and oxygen atoms in total. The number of phenols is 1. The smallest absolute Gasteiger partial charge is 0.135 e. The third kappa shape index (κ3) is 1.48. The summed E-state index contributed by atoms with van der Waals surface area (Å²) < 4.78 is 0.887. The fourth-order valence-corrected chi connectivity index (χ4v) is 2.29. The molecule has 1 aromatic carbocycles. The Hall–Kier alpha value is -1.09. The number of fused-ring (bicyclic) bond motifs is 1. The second-order valence-electron chi connectivity index (χ2n) is 4.39.